The Hall–Kier alpha value is -1.48. The minimum atomic E-state index is -3.50. The molecule has 1 heterocycles. The molecular weight excluding hydrogens is 342 g/mol. The molecule has 7 nitrogen and oxygen atoms in total. The van der Waals surface area contributed by atoms with Crippen molar-refractivity contribution in [1.29, 1.82) is 0 Å². The molecule has 0 aliphatic carbocycles. The van der Waals surface area contributed by atoms with Crippen LogP contribution < -0.4 is 10.0 Å². The fraction of sp³-hybridized carbons (Fsp3) is 0.588. The highest BCUT2D eigenvalue weighted by atomic mass is 32.2. The number of carbonyl (C=O) groups excluding carboxylic acids is 1. The lowest BCUT2D eigenvalue weighted by atomic mass is 10.0. The van der Waals surface area contributed by atoms with E-state index in [1.807, 2.05) is 0 Å². The zero-order valence-corrected chi connectivity index (χ0v) is 15.9. The van der Waals surface area contributed by atoms with Gasteiger partial charge in [-0.1, -0.05) is 6.92 Å². The predicted octanol–water partition coefficient (Wildman–Crippen LogP) is 0.825. The molecule has 140 valence electrons. The third-order valence-corrected chi connectivity index (χ3v) is 5.87. The van der Waals surface area contributed by atoms with Gasteiger partial charge in [-0.15, -0.1) is 0 Å². The molecule has 0 unspecified atom stereocenters. The second kappa shape index (κ2) is 8.27. The summed E-state index contributed by atoms with van der Waals surface area (Å²) in [5.74, 6) is -0.214. The molecule has 8 heteroatoms. The van der Waals surface area contributed by atoms with Crippen LogP contribution in [0.4, 0.5) is 0 Å². The van der Waals surface area contributed by atoms with E-state index in [2.05, 4.69) is 28.8 Å². The molecular formula is C17H27N3O4S. The quantitative estimate of drug-likeness (QED) is 0.743. The predicted molar refractivity (Wildman–Crippen MR) is 96.1 cm³/mol. The average Bonchev–Trinajstić information content (AvgIpc) is 2.60. The van der Waals surface area contributed by atoms with Crippen LogP contribution in [0, 0.1) is 0 Å². The number of nitrogens with zero attached hydrogens (tertiary/aromatic N) is 1. The Morgan fingerprint density at radius 1 is 1.20 bits per heavy atom. The fourth-order valence-corrected chi connectivity index (χ4v) is 3.78. The summed E-state index contributed by atoms with van der Waals surface area (Å²) in [6.07, 6.45) is 0. The van der Waals surface area contributed by atoms with Crippen LogP contribution in [0.5, 0.6) is 0 Å². The van der Waals surface area contributed by atoms with Crippen LogP contribution in [-0.2, 0) is 14.8 Å². The van der Waals surface area contributed by atoms with E-state index in [1.165, 1.54) is 24.3 Å². The van der Waals surface area contributed by atoms with Crippen molar-refractivity contribution in [2.24, 2.45) is 0 Å². The van der Waals surface area contributed by atoms with Gasteiger partial charge in [0.05, 0.1) is 18.1 Å². The number of hydrogen-bond donors (Lipinski definition) is 2. The summed E-state index contributed by atoms with van der Waals surface area (Å²) in [5, 5.41) is 2.93. The zero-order chi connectivity index (χ0) is 18.5. The number of nitrogens with one attached hydrogen (secondary N) is 2. The molecule has 0 atom stereocenters. The van der Waals surface area contributed by atoms with Crippen molar-refractivity contribution >= 4 is 15.9 Å². The van der Waals surface area contributed by atoms with Crippen LogP contribution in [-0.4, -0.2) is 64.2 Å². The second-order valence-corrected chi connectivity index (χ2v) is 8.39. The van der Waals surface area contributed by atoms with E-state index in [-0.39, 0.29) is 16.3 Å². The van der Waals surface area contributed by atoms with Crippen LogP contribution in [0.1, 0.15) is 31.1 Å². The van der Waals surface area contributed by atoms with E-state index in [4.69, 9.17) is 4.74 Å². The smallest absolute Gasteiger partial charge is 0.251 e. The molecule has 0 saturated carbocycles. The Morgan fingerprint density at radius 2 is 1.80 bits per heavy atom. The van der Waals surface area contributed by atoms with Crippen molar-refractivity contribution in [2.75, 3.05) is 39.4 Å². The summed E-state index contributed by atoms with van der Waals surface area (Å²) in [4.78, 5) is 14.8. The first-order valence-corrected chi connectivity index (χ1v) is 9.95. The van der Waals surface area contributed by atoms with E-state index in [0.29, 0.717) is 31.9 Å². The molecule has 25 heavy (non-hydrogen) atoms. The summed E-state index contributed by atoms with van der Waals surface area (Å²) >= 11 is 0. The van der Waals surface area contributed by atoms with Crippen molar-refractivity contribution < 1.29 is 17.9 Å². The highest BCUT2D eigenvalue weighted by Gasteiger charge is 2.28. The lowest BCUT2D eigenvalue weighted by molar-refractivity contribution is -0.00923. The van der Waals surface area contributed by atoms with E-state index >= 15 is 0 Å². The van der Waals surface area contributed by atoms with Gasteiger partial charge < -0.3 is 10.1 Å². The second-order valence-electron chi connectivity index (χ2n) is 6.62. The molecule has 2 rings (SSSR count). The summed E-state index contributed by atoms with van der Waals surface area (Å²) in [6, 6.07) is 5.95. The number of carbonyl (C=O) groups is 1. The summed E-state index contributed by atoms with van der Waals surface area (Å²) in [5.41, 5.74) is 0.265. The first-order chi connectivity index (χ1) is 11.8. The maximum atomic E-state index is 12.3. The lowest BCUT2D eigenvalue weighted by Gasteiger charge is -2.40. The number of hydrogen-bond acceptors (Lipinski definition) is 5. The lowest BCUT2D eigenvalue weighted by Crippen LogP contribution is -2.55. The van der Waals surface area contributed by atoms with Gasteiger partial charge in [-0.25, -0.2) is 13.1 Å². The first kappa shape index (κ1) is 19.8. The Labute approximate surface area is 149 Å². The molecule has 0 radical (unpaired) electrons. The van der Waals surface area contributed by atoms with E-state index in [1.54, 1.807) is 6.92 Å². The number of sulfonamides is 1. The molecule has 0 spiro atoms. The van der Waals surface area contributed by atoms with Crippen molar-refractivity contribution in [3.63, 3.8) is 0 Å². The molecule has 1 aromatic carbocycles. The maximum absolute atomic E-state index is 12.3. The topological polar surface area (TPSA) is 87.7 Å². The molecule has 0 bridgehead atoms. The van der Waals surface area contributed by atoms with Crippen molar-refractivity contribution in [3.8, 4) is 0 Å². The van der Waals surface area contributed by atoms with Crippen molar-refractivity contribution in [2.45, 2.75) is 31.2 Å². The van der Waals surface area contributed by atoms with E-state index in [9.17, 15) is 13.2 Å². The fourth-order valence-electron chi connectivity index (χ4n) is 2.74. The number of morpholine rings is 1. The molecule has 0 aromatic heterocycles. The van der Waals surface area contributed by atoms with Gasteiger partial charge in [-0.3, -0.25) is 9.69 Å². The number of benzene rings is 1. The van der Waals surface area contributed by atoms with Crippen LogP contribution in [0.25, 0.3) is 0 Å². The van der Waals surface area contributed by atoms with Crippen molar-refractivity contribution in [3.05, 3.63) is 29.8 Å². The minimum absolute atomic E-state index is 0.152. The third kappa shape index (κ3) is 5.24. The zero-order valence-electron chi connectivity index (χ0n) is 15.0. The summed E-state index contributed by atoms with van der Waals surface area (Å²) in [7, 11) is -3.50. The van der Waals surface area contributed by atoms with Crippen LogP contribution in [0.3, 0.4) is 0 Å². The largest absolute Gasteiger partial charge is 0.379 e. The average molecular weight is 369 g/mol. The van der Waals surface area contributed by atoms with Gasteiger partial charge in [0.2, 0.25) is 10.0 Å². The Morgan fingerprint density at radius 3 is 2.36 bits per heavy atom. The Kier molecular flexibility index (Phi) is 6.56. The summed E-state index contributed by atoms with van der Waals surface area (Å²) < 4.78 is 31.6. The molecule has 1 aliphatic rings. The van der Waals surface area contributed by atoms with Crippen molar-refractivity contribution in [1.82, 2.24) is 14.9 Å². The molecule has 2 N–H and O–H groups in total. The van der Waals surface area contributed by atoms with E-state index in [0.717, 1.165) is 13.1 Å². The van der Waals surface area contributed by atoms with Gasteiger partial charge in [0.25, 0.3) is 5.91 Å². The molecule has 1 aliphatic heterocycles. The maximum Gasteiger partial charge on any atom is 0.251 e. The molecule has 1 amide bonds. The third-order valence-electron chi connectivity index (χ3n) is 4.31. The highest BCUT2D eigenvalue weighted by molar-refractivity contribution is 7.89. The SMILES string of the molecule is CCNS(=O)(=O)c1ccc(C(=O)NCC(C)(C)N2CCOCC2)cc1. The van der Waals surface area contributed by atoms with E-state index < -0.39 is 10.0 Å². The molecule has 1 saturated heterocycles. The van der Waals surface area contributed by atoms with Gasteiger partial charge in [-0.05, 0) is 38.1 Å². The van der Waals surface area contributed by atoms with Gasteiger partial charge in [0.1, 0.15) is 0 Å². The van der Waals surface area contributed by atoms with Crippen LogP contribution >= 0.6 is 0 Å². The van der Waals surface area contributed by atoms with Gasteiger partial charge in [-0.2, -0.15) is 0 Å². The Balaban J connectivity index is 1.96. The van der Waals surface area contributed by atoms with Gasteiger partial charge in [0.15, 0.2) is 0 Å². The normalized spacial score (nSPS) is 16.6. The summed E-state index contributed by atoms with van der Waals surface area (Å²) in [6.45, 7) is 9.83. The number of amides is 1. The molecule has 1 aromatic rings. The first-order valence-electron chi connectivity index (χ1n) is 8.47. The highest BCUT2D eigenvalue weighted by Crippen LogP contribution is 2.16. The minimum Gasteiger partial charge on any atom is -0.379 e. The van der Waals surface area contributed by atoms with Crippen LogP contribution in [0.15, 0.2) is 29.2 Å². The number of ether oxygens (including phenoxy) is 1. The monoisotopic (exact) mass is 369 g/mol. The Bertz CT molecular complexity index is 680. The number of rotatable bonds is 7. The standard InChI is InChI=1S/C17H27N3O4S/c1-4-19-25(22,23)15-7-5-14(6-8-15)16(21)18-13-17(2,3)20-9-11-24-12-10-20/h5-8,19H,4,9-13H2,1-3H3,(H,18,21). The molecule has 1 fully saturated rings. The van der Waals surface area contributed by atoms with Gasteiger partial charge >= 0.3 is 0 Å². The van der Waals surface area contributed by atoms with Crippen LogP contribution in [0.2, 0.25) is 0 Å². The van der Waals surface area contributed by atoms with Gasteiger partial charge in [0, 0.05) is 37.3 Å².